The van der Waals surface area contributed by atoms with Crippen LogP contribution in [0.2, 0.25) is 0 Å². The summed E-state index contributed by atoms with van der Waals surface area (Å²) in [5, 5.41) is 5.31. The monoisotopic (exact) mass is 282 g/mol. The van der Waals surface area contributed by atoms with Crippen LogP contribution in [0.25, 0.3) is 10.8 Å². The molecule has 0 spiro atoms. The summed E-state index contributed by atoms with van der Waals surface area (Å²) in [5.41, 5.74) is 0.743. The number of nitrogens with one attached hydrogen (secondary N) is 1. The summed E-state index contributed by atoms with van der Waals surface area (Å²) in [6, 6.07) is 14.0. The van der Waals surface area contributed by atoms with Gasteiger partial charge in [-0.25, -0.2) is 0 Å². The van der Waals surface area contributed by atoms with Gasteiger partial charge in [0.1, 0.15) is 0 Å². The minimum absolute atomic E-state index is 0.0257. The maximum Gasteiger partial charge on any atom is 0.251 e. The topological polar surface area (TPSA) is 32.3 Å². The second kappa shape index (κ2) is 6.72. The first-order valence-corrected chi connectivity index (χ1v) is 7.82. The van der Waals surface area contributed by atoms with Gasteiger partial charge in [0.25, 0.3) is 5.91 Å². The number of rotatable bonds is 4. The highest BCUT2D eigenvalue weighted by atomic mass is 16.1. The van der Waals surface area contributed by atoms with E-state index in [4.69, 9.17) is 0 Å². The Hall–Kier alpha value is -1.87. The molecule has 110 valence electrons. The van der Waals surface area contributed by atoms with Crippen molar-refractivity contribution < 1.29 is 4.79 Å². The van der Waals surface area contributed by atoms with Crippen LogP contribution in [0, 0.1) is 0 Å². The zero-order valence-electron chi connectivity index (χ0n) is 12.3. The van der Waals surface area contributed by atoms with Gasteiger partial charge in [-0.1, -0.05) is 36.8 Å². The summed E-state index contributed by atoms with van der Waals surface area (Å²) in [5.74, 6) is 0.0257. The maximum atomic E-state index is 12.2. The van der Waals surface area contributed by atoms with E-state index in [-0.39, 0.29) is 5.91 Å². The Balaban J connectivity index is 1.56. The molecule has 1 N–H and O–H groups in total. The number of piperidine rings is 1. The van der Waals surface area contributed by atoms with E-state index in [9.17, 15) is 4.79 Å². The van der Waals surface area contributed by atoms with Crippen molar-refractivity contribution in [1.82, 2.24) is 10.2 Å². The number of likely N-dealkylation sites (tertiary alicyclic amines) is 1. The van der Waals surface area contributed by atoms with Crippen molar-refractivity contribution in [1.29, 1.82) is 0 Å². The quantitative estimate of drug-likeness (QED) is 0.934. The van der Waals surface area contributed by atoms with E-state index in [1.54, 1.807) is 0 Å². The third-order valence-corrected chi connectivity index (χ3v) is 4.17. The molecule has 0 aliphatic carbocycles. The Kier molecular flexibility index (Phi) is 4.51. The van der Waals surface area contributed by atoms with Crippen molar-refractivity contribution in [3.63, 3.8) is 0 Å². The lowest BCUT2D eigenvalue weighted by molar-refractivity contribution is 0.0946. The number of fused-ring (bicyclic) bond motifs is 1. The summed E-state index contributed by atoms with van der Waals surface area (Å²) in [4.78, 5) is 14.6. The molecule has 1 amide bonds. The first-order chi connectivity index (χ1) is 10.3. The molecule has 0 aromatic heterocycles. The predicted molar refractivity (Wildman–Crippen MR) is 86.6 cm³/mol. The number of nitrogens with zero attached hydrogens (tertiary/aromatic N) is 1. The molecule has 1 aliphatic heterocycles. The molecule has 0 unspecified atom stereocenters. The second-order valence-electron chi connectivity index (χ2n) is 5.72. The molecule has 21 heavy (non-hydrogen) atoms. The van der Waals surface area contributed by atoms with Crippen molar-refractivity contribution >= 4 is 16.7 Å². The molecular weight excluding hydrogens is 260 g/mol. The Morgan fingerprint density at radius 3 is 2.57 bits per heavy atom. The predicted octanol–water partition coefficient (Wildman–Crippen LogP) is 3.06. The molecule has 2 aromatic rings. The average Bonchev–Trinajstić information content (AvgIpc) is 2.55. The Morgan fingerprint density at radius 1 is 1.00 bits per heavy atom. The van der Waals surface area contributed by atoms with E-state index in [0.29, 0.717) is 0 Å². The van der Waals surface area contributed by atoms with Gasteiger partial charge in [-0.15, -0.1) is 0 Å². The molecule has 0 saturated carbocycles. The van der Waals surface area contributed by atoms with Crippen molar-refractivity contribution in [3.8, 4) is 0 Å². The normalized spacial score (nSPS) is 16.0. The summed E-state index contributed by atoms with van der Waals surface area (Å²) in [7, 11) is 0. The molecule has 3 nitrogen and oxygen atoms in total. The van der Waals surface area contributed by atoms with Crippen molar-refractivity contribution in [2.75, 3.05) is 26.2 Å². The van der Waals surface area contributed by atoms with Crippen LogP contribution in [0.1, 0.15) is 29.6 Å². The fourth-order valence-electron chi connectivity index (χ4n) is 2.94. The van der Waals surface area contributed by atoms with Gasteiger partial charge in [0, 0.05) is 18.7 Å². The summed E-state index contributed by atoms with van der Waals surface area (Å²) >= 11 is 0. The van der Waals surface area contributed by atoms with Gasteiger partial charge in [-0.3, -0.25) is 4.79 Å². The first kappa shape index (κ1) is 14.1. The maximum absolute atomic E-state index is 12.2. The van der Waals surface area contributed by atoms with Crippen molar-refractivity contribution in [2.45, 2.75) is 19.3 Å². The molecule has 2 aromatic carbocycles. The van der Waals surface area contributed by atoms with Crippen LogP contribution in [-0.2, 0) is 0 Å². The number of hydrogen-bond donors (Lipinski definition) is 1. The first-order valence-electron chi connectivity index (χ1n) is 7.82. The lowest BCUT2D eigenvalue weighted by Gasteiger charge is -2.26. The SMILES string of the molecule is O=C(NCCN1CCCCC1)c1ccc2ccccc2c1. The second-order valence-corrected chi connectivity index (χ2v) is 5.72. The fourth-order valence-corrected chi connectivity index (χ4v) is 2.94. The van der Waals surface area contributed by atoms with Gasteiger partial charge < -0.3 is 10.2 Å². The molecule has 1 heterocycles. The van der Waals surface area contributed by atoms with Crippen LogP contribution in [-0.4, -0.2) is 37.0 Å². The van der Waals surface area contributed by atoms with Crippen LogP contribution in [0.5, 0.6) is 0 Å². The summed E-state index contributed by atoms with van der Waals surface area (Å²) in [6.45, 7) is 4.03. The molecule has 1 aliphatic rings. The van der Waals surface area contributed by atoms with E-state index in [2.05, 4.69) is 16.3 Å². The fraction of sp³-hybridized carbons (Fsp3) is 0.389. The number of benzene rings is 2. The number of carbonyl (C=O) groups is 1. The Bertz CT molecular complexity index is 617. The molecule has 3 heteroatoms. The molecule has 0 bridgehead atoms. The van der Waals surface area contributed by atoms with Crippen LogP contribution in [0.3, 0.4) is 0 Å². The van der Waals surface area contributed by atoms with Gasteiger partial charge in [0.2, 0.25) is 0 Å². The van der Waals surface area contributed by atoms with E-state index in [0.717, 1.165) is 24.0 Å². The van der Waals surface area contributed by atoms with Gasteiger partial charge in [0.05, 0.1) is 0 Å². The van der Waals surface area contributed by atoms with Gasteiger partial charge in [0.15, 0.2) is 0 Å². The average molecular weight is 282 g/mol. The molecular formula is C18H22N2O. The highest BCUT2D eigenvalue weighted by Gasteiger charge is 2.10. The third-order valence-electron chi connectivity index (χ3n) is 4.17. The zero-order chi connectivity index (χ0) is 14.5. The van der Waals surface area contributed by atoms with E-state index in [1.165, 1.54) is 37.7 Å². The minimum atomic E-state index is 0.0257. The standard InChI is InChI=1S/C18H22N2O/c21-18(19-10-13-20-11-4-1-5-12-20)17-9-8-15-6-2-3-7-16(15)14-17/h2-3,6-9,14H,1,4-5,10-13H2,(H,19,21). The largest absolute Gasteiger partial charge is 0.351 e. The van der Waals surface area contributed by atoms with E-state index >= 15 is 0 Å². The van der Waals surface area contributed by atoms with Crippen LogP contribution in [0.4, 0.5) is 0 Å². The van der Waals surface area contributed by atoms with Crippen molar-refractivity contribution in [2.24, 2.45) is 0 Å². The molecule has 1 fully saturated rings. The smallest absolute Gasteiger partial charge is 0.251 e. The van der Waals surface area contributed by atoms with E-state index in [1.807, 2.05) is 36.4 Å². The van der Waals surface area contributed by atoms with Crippen LogP contribution >= 0.6 is 0 Å². The summed E-state index contributed by atoms with van der Waals surface area (Å²) < 4.78 is 0. The molecule has 3 rings (SSSR count). The van der Waals surface area contributed by atoms with Crippen molar-refractivity contribution in [3.05, 3.63) is 48.0 Å². The zero-order valence-corrected chi connectivity index (χ0v) is 12.3. The Labute approximate surface area is 125 Å². The van der Waals surface area contributed by atoms with Gasteiger partial charge in [-0.05, 0) is 48.8 Å². The lowest BCUT2D eigenvalue weighted by atomic mass is 10.1. The highest BCUT2D eigenvalue weighted by Crippen LogP contribution is 2.15. The number of amides is 1. The van der Waals surface area contributed by atoms with Gasteiger partial charge >= 0.3 is 0 Å². The van der Waals surface area contributed by atoms with Crippen LogP contribution in [0.15, 0.2) is 42.5 Å². The third kappa shape index (κ3) is 3.61. The molecule has 1 saturated heterocycles. The number of hydrogen-bond acceptors (Lipinski definition) is 2. The number of carbonyl (C=O) groups excluding carboxylic acids is 1. The highest BCUT2D eigenvalue weighted by molar-refractivity contribution is 5.98. The summed E-state index contributed by atoms with van der Waals surface area (Å²) in [6.07, 6.45) is 3.93. The van der Waals surface area contributed by atoms with Gasteiger partial charge in [-0.2, -0.15) is 0 Å². The van der Waals surface area contributed by atoms with E-state index < -0.39 is 0 Å². The Morgan fingerprint density at radius 2 is 1.76 bits per heavy atom. The lowest BCUT2D eigenvalue weighted by Crippen LogP contribution is -2.37. The molecule has 0 radical (unpaired) electrons. The minimum Gasteiger partial charge on any atom is -0.351 e. The van der Waals surface area contributed by atoms with Crippen LogP contribution < -0.4 is 5.32 Å². The molecule has 0 atom stereocenters.